The predicted octanol–water partition coefficient (Wildman–Crippen LogP) is 3.05. The van der Waals surface area contributed by atoms with E-state index in [2.05, 4.69) is 34.9 Å². The van der Waals surface area contributed by atoms with Gasteiger partial charge in [-0.2, -0.15) is 0 Å². The lowest BCUT2D eigenvalue weighted by atomic mass is 9.78. The minimum absolute atomic E-state index is 0.0653. The Morgan fingerprint density at radius 2 is 0.869 bits per heavy atom. The van der Waals surface area contributed by atoms with E-state index in [0.717, 1.165) is 23.9 Å². The van der Waals surface area contributed by atoms with Gasteiger partial charge in [-0.25, -0.2) is 43.1 Å². The zero-order chi connectivity index (χ0) is 43.2. The minimum Gasteiger partial charge on any atom is -0.423 e. The van der Waals surface area contributed by atoms with Gasteiger partial charge in [-0.15, -0.1) is 0 Å². The van der Waals surface area contributed by atoms with Crippen LogP contribution in [0.5, 0.6) is 0 Å². The van der Waals surface area contributed by atoms with Crippen molar-refractivity contribution in [3.05, 3.63) is 157 Å². The number of pyridine rings is 7. The van der Waals surface area contributed by atoms with Crippen molar-refractivity contribution in [2.75, 3.05) is 0 Å². The summed E-state index contributed by atoms with van der Waals surface area (Å²) in [4.78, 5) is 29.5. The third-order valence-corrected chi connectivity index (χ3v) is 9.19. The maximum absolute atomic E-state index is 13.8. The SMILES string of the molecule is Cc1cccc(-c2cc(B(O)O)c3cccnc3n2)n1.OB(O)c1cc(-c2cc(F)ccc2F)nc2ncccc12.OB(O)c1cc(-c2ccccc2F)nc2ncccc12. The van der Waals surface area contributed by atoms with Crippen LogP contribution in [0.2, 0.25) is 0 Å². The summed E-state index contributed by atoms with van der Waals surface area (Å²) in [6, 6.07) is 29.3. The molecule has 0 bridgehead atoms. The number of nitrogens with zero attached hydrogens (tertiary/aromatic N) is 7. The van der Waals surface area contributed by atoms with Crippen LogP contribution in [0.15, 0.2) is 134 Å². The van der Waals surface area contributed by atoms with Crippen LogP contribution in [-0.2, 0) is 0 Å². The lowest BCUT2D eigenvalue weighted by molar-refractivity contribution is 0.425. The van der Waals surface area contributed by atoms with E-state index in [1.807, 2.05) is 25.1 Å². The molecule has 0 atom stereocenters. The maximum atomic E-state index is 13.8. The van der Waals surface area contributed by atoms with Crippen molar-refractivity contribution in [3.63, 3.8) is 0 Å². The van der Waals surface area contributed by atoms with Crippen molar-refractivity contribution < 1.29 is 43.3 Å². The van der Waals surface area contributed by atoms with E-state index in [0.29, 0.717) is 55.6 Å². The molecule has 0 saturated heterocycles. The van der Waals surface area contributed by atoms with Gasteiger partial charge in [0.25, 0.3) is 0 Å². The quantitative estimate of drug-likeness (QED) is 0.134. The lowest BCUT2D eigenvalue weighted by Gasteiger charge is -2.09. The molecule has 6 N–H and O–H groups in total. The summed E-state index contributed by atoms with van der Waals surface area (Å²) in [6.07, 6.45) is 4.65. The van der Waals surface area contributed by atoms with E-state index < -0.39 is 38.8 Å². The van der Waals surface area contributed by atoms with E-state index in [4.69, 9.17) is 0 Å². The molecule has 0 unspecified atom stereocenters. The lowest BCUT2D eigenvalue weighted by Crippen LogP contribution is -2.31. The van der Waals surface area contributed by atoms with Crippen molar-refractivity contribution in [3.8, 4) is 33.9 Å². The number of hydrogen-bond acceptors (Lipinski definition) is 13. The molecule has 19 heteroatoms. The Hall–Kier alpha value is -6.99. The molecular weight excluding hydrogens is 788 g/mol. The molecule has 2 aromatic carbocycles. The number of aryl methyl sites for hydroxylation is 1. The first-order valence-electron chi connectivity index (χ1n) is 18.4. The van der Waals surface area contributed by atoms with Gasteiger partial charge in [0.15, 0.2) is 16.9 Å². The van der Waals surface area contributed by atoms with Gasteiger partial charge < -0.3 is 30.1 Å². The van der Waals surface area contributed by atoms with E-state index >= 15 is 0 Å². The summed E-state index contributed by atoms with van der Waals surface area (Å²) in [5.74, 6) is -1.69. The zero-order valence-electron chi connectivity index (χ0n) is 31.9. The molecule has 0 aliphatic carbocycles. The summed E-state index contributed by atoms with van der Waals surface area (Å²) >= 11 is 0. The Morgan fingerprint density at radius 3 is 1.36 bits per heavy atom. The Labute approximate surface area is 346 Å². The number of rotatable bonds is 6. The van der Waals surface area contributed by atoms with Crippen molar-refractivity contribution in [1.29, 1.82) is 0 Å². The molecule has 9 rings (SSSR count). The van der Waals surface area contributed by atoms with Crippen molar-refractivity contribution in [2.45, 2.75) is 6.92 Å². The van der Waals surface area contributed by atoms with Crippen molar-refractivity contribution in [1.82, 2.24) is 34.9 Å². The molecule has 7 heterocycles. The number of fused-ring (bicyclic) bond motifs is 3. The summed E-state index contributed by atoms with van der Waals surface area (Å²) in [6.45, 7) is 1.89. The highest BCUT2D eigenvalue weighted by molar-refractivity contribution is 6.63. The van der Waals surface area contributed by atoms with Crippen LogP contribution in [-0.4, -0.2) is 86.4 Å². The van der Waals surface area contributed by atoms with Gasteiger partial charge in [-0.1, -0.05) is 36.4 Å². The first-order valence-corrected chi connectivity index (χ1v) is 18.4. The second-order valence-corrected chi connectivity index (χ2v) is 13.3. The molecule has 13 nitrogen and oxygen atoms in total. The molecule has 0 aliphatic heterocycles. The predicted molar refractivity (Wildman–Crippen MR) is 227 cm³/mol. The van der Waals surface area contributed by atoms with Crippen LogP contribution < -0.4 is 16.4 Å². The van der Waals surface area contributed by atoms with Crippen molar-refractivity contribution in [2.24, 2.45) is 0 Å². The fourth-order valence-corrected chi connectivity index (χ4v) is 6.34. The topological polar surface area (TPSA) is 212 Å². The summed E-state index contributed by atoms with van der Waals surface area (Å²) in [5, 5.41) is 58.5. The first-order chi connectivity index (χ1) is 29.4. The zero-order valence-corrected chi connectivity index (χ0v) is 31.9. The fraction of sp³-hybridized carbons (Fsp3) is 0.0238. The van der Waals surface area contributed by atoms with Gasteiger partial charge in [0, 0.05) is 51.6 Å². The molecule has 0 fully saturated rings. The van der Waals surface area contributed by atoms with E-state index in [-0.39, 0.29) is 27.8 Å². The smallest absolute Gasteiger partial charge is 0.423 e. The number of benzene rings is 2. The average Bonchev–Trinajstić information content (AvgIpc) is 3.26. The standard InChI is InChI=1S/C14H9BF2N2O2.C14H10BFN2O2.C14H12BN3O2/c16-8-3-4-12(17)10(6-8)13-7-11(15(20)21)9-2-1-5-18-14(9)19-13;16-12-6-2-1-4-10(12)13-8-11(15(19)20)9-5-3-7-17-14(9)18-13;1-9-4-2-6-12(17-9)13-8-11(15(19)20)10-5-3-7-16-14(10)18-13/h1-7,20-21H;1-8,19-20H;2-8,19-20H,1H3. The van der Waals surface area contributed by atoms with Crippen LogP contribution in [0.25, 0.3) is 67.0 Å². The second kappa shape index (κ2) is 18.5. The Bertz CT molecular complexity index is 3030. The monoisotopic (exact) mass is 819 g/mol. The van der Waals surface area contributed by atoms with E-state index in [1.165, 1.54) is 24.4 Å². The molecule has 0 spiro atoms. The number of aromatic nitrogens is 7. The molecule has 0 saturated carbocycles. The third-order valence-electron chi connectivity index (χ3n) is 9.19. The fourth-order valence-electron chi connectivity index (χ4n) is 6.34. The first kappa shape index (κ1) is 42.1. The Kier molecular flexibility index (Phi) is 12.8. The van der Waals surface area contributed by atoms with Gasteiger partial charge in [0.1, 0.15) is 17.5 Å². The molecule has 0 amide bonds. The average molecular weight is 819 g/mol. The molecule has 300 valence electrons. The normalized spacial score (nSPS) is 10.8. The highest BCUT2D eigenvalue weighted by Crippen LogP contribution is 2.24. The molecule has 0 radical (unpaired) electrons. The maximum Gasteiger partial charge on any atom is 0.489 e. The van der Waals surface area contributed by atoms with Crippen LogP contribution in [0.3, 0.4) is 0 Å². The Balaban J connectivity index is 0.000000138. The number of hydrogen-bond donors (Lipinski definition) is 6. The van der Waals surface area contributed by atoms with Gasteiger partial charge in [-0.05, 0) is 102 Å². The van der Waals surface area contributed by atoms with Gasteiger partial charge >= 0.3 is 21.4 Å². The molecule has 61 heavy (non-hydrogen) atoms. The van der Waals surface area contributed by atoms with Crippen LogP contribution >= 0.6 is 0 Å². The van der Waals surface area contributed by atoms with E-state index in [1.54, 1.807) is 73.1 Å². The Morgan fingerprint density at radius 1 is 0.410 bits per heavy atom. The van der Waals surface area contributed by atoms with E-state index in [9.17, 15) is 43.3 Å². The van der Waals surface area contributed by atoms with Crippen LogP contribution in [0, 0.1) is 24.4 Å². The van der Waals surface area contributed by atoms with Crippen LogP contribution in [0.1, 0.15) is 5.69 Å². The summed E-state index contributed by atoms with van der Waals surface area (Å²) in [5.41, 5.74) is 4.55. The highest BCUT2D eigenvalue weighted by Gasteiger charge is 2.21. The number of halogens is 3. The molecule has 0 aliphatic rings. The van der Waals surface area contributed by atoms with Gasteiger partial charge in [0.05, 0.1) is 22.8 Å². The van der Waals surface area contributed by atoms with Gasteiger partial charge in [-0.3, -0.25) is 4.98 Å². The molecule has 9 aromatic rings. The highest BCUT2D eigenvalue weighted by atomic mass is 19.1. The van der Waals surface area contributed by atoms with Crippen LogP contribution in [0.4, 0.5) is 13.2 Å². The second-order valence-electron chi connectivity index (χ2n) is 13.3. The minimum atomic E-state index is -1.77. The summed E-state index contributed by atoms with van der Waals surface area (Å²) in [7, 11) is -5.02. The molecular formula is C42H31B3F3N7O6. The molecule has 7 aromatic heterocycles. The van der Waals surface area contributed by atoms with Crippen molar-refractivity contribution >= 4 is 70.8 Å². The van der Waals surface area contributed by atoms with Gasteiger partial charge in [0.2, 0.25) is 0 Å². The third kappa shape index (κ3) is 9.58. The summed E-state index contributed by atoms with van der Waals surface area (Å²) < 4.78 is 41.0. The largest absolute Gasteiger partial charge is 0.489 e.